The number of aliphatic carboxylic acids is 1. The van der Waals surface area contributed by atoms with Gasteiger partial charge in [0.05, 0.1) is 6.04 Å². The first-order chi connectivity index (χ1) is 15.7. The van der Waals surface area contributed by atoms with Crippen molar-refractivity contribution in [1.29, 1.82) is 0 Å². The molecule has 1 aliphatic rings. The molecule has 0 bridgehead atoms. The standard InChI is InChI=1S/C16H22F3N5O2S.C2HF3O2/c1-3-10(21-13(26)11-6-4-5-9-20-11)7-8-12(25)24(2)15-23-22-14(27-15)16(17,18)19;3-2(4,5)1(6)7/h7-8,10-11,20H,3-6,9H2,1-2H3,(H,21,26);(H,6,7)/b8-7+;/t10-,11-;/m0./s1. The zero-order valence-corrected chi connectivity index (χ0v) is 18.9. The van der Waals surface area contributed by atoms with E-state index in [0.717, 1.165) is 30.7 Å². The number of anilines is 1. The second kappa shape index (κ2) is 12.6. The number of piperidine rings is 1. The molecule has 2 atom stereocenters. The molecule has 1 fully saturated rings. The van der Waals surface area contributed by atoms with Crippen LogP contribution in [0.4, 0.5) is 31.5 Å². The van der Waals surface area contributed by atoms with Gasteiger partial charge in [-0.2, -0.15) is 26.3 Å². The number of hydrogen-bond donors (Lipinski definition) is 3. The number of carbonyl (C=O) groups excluding carboxylic acids is 2. The average molecular weight is 519 g/mol. The van der Waals surface area contributed by atoms with E-state index in [1.165, 1.54) is 19.2 Å². The highest BCUT2D eigenvalue weighted by Crippen LogP contribution is 2.34. The van der Waals surface area contributed by atoms with E-state index in [4.69, 9.17) is 9.90 Å². The number of carbonyl (C=O) groups is 3. The van der Waals surface area contributed by atoms with Crippen LogP contribution in [0.15, 0.2) is 12.2 Å². The Morgan fingerprint density at radius 3 is 2.29 bits per heavy atom. The van der Waals surface area contributed by atoms with Gasteiger partial charge in [-0.1, -0.05) is 30.8 Å². The van der Waals surface area contributed by atoms with E-state index in [0.29, 0.717) is 17.8 Å². The van der Waals surface area contributed by atoms with Crippen molar-refractivity contribution in [3.63, 3.8) is 0 Å². The third kappa shape index (κ3) is 9.62. The van der Waals surface area contributed by atoms with Crippen LogP contribution in [0, 0.1) is 0 Å². The van der Waals surface area contributed by atoms with E-state index in [-0.39, 0.29) is 23.1 Å². The van der Waals surface area contributed by atoms with Crippen molar-refractivity contribution >= 4 is 34.3 Å². The van der Waals surface area contributed by atoms with Gasteiger partial charge in [0, 0.05) is 19.2 Å². The van der Waals surface area contributed by atoms with Crippen LogP contribution in [-0.4, -0.2) is 64.9 Å². The molecule has 192 valence electrons. The number of nitrogens with zero attached hydrogens (tertiary/aromatic N) is 3. The zero-order valence-electron chi connectivity index (χ0n) is 18.0. The number of nitrogens with one attached hydrogen (secondary N) is 2. The van der Waals surface area contributed by atoms with Gasteiger partial charge >= 0.3 is 18.3 Å². The predicted molar refractivity (Wildman–Crippen MR) is 109 cm³/mol. The normalized spacial score (nSPS) is 17.5. The Morgan fingerprint density at radius 1 is 1.24 bits per heavy atom. The highest BCUT2D eigenvalue weighted by Gasteiger charge is 2.38. The molecule has 3 N–H and O–H groups in total. The average Bonchev–Trinajstić information content (AvgIpc) is 3.27. The molecule has 1 saturated heterocycles. The molecule has 0 saturated carbocycles. The van der Waals surface area contributed by atoms with Crippen molar-refractivity contribution in [3.8, 4) is 0 Å². The Balaban J connectivity index is 0.000000718. The van der Waals surface area contributed by atoms with Gasteiger partial charge in [0.15, 0.2) is 0 Å². The Morgan fingerprint density at radius 2 is 1.85 bits per heavy atom. The topological polar surface area (TPSA) is 125 Å². The lowest BCUT2D eigenvalue weighted by atomic mass is 10.0. The highest BCUT2D eigenvalue weighted by atomic mass is 32.1. The lowest BCUT2D eigenvalue weighted by molar-refractivity contribution is -0.192. The van der Waals surface area contributed by atoms with Crippen LogP contribution in [0.2, 0.25) is 0 Å². The summed E-state index contributed by atoms with van der Waals surface area (Å²) in [7, 11) is 1.32. The Bertz CT molecular complexity index is 868. The molecule has 1 aromatic rings. The van der Waals surface area contributed by atoms with E-state index in [1.807, 2.05) is 6.92 Å². The number of halogens is 6. The first kappa shape index (κ1) is 29.3. The first-order valence-electron chi connectivity index (χ1n) is 9.87. The maximum Gasteiger partial charge on any atom is 0.490 e. The minimum Gasteiger partial charge on any atom is -0.475 e. The number of carboxylic acids is 1. The molecule has 2 rings (SSSR count). The van der Waals surface area contributed by atoms with Gasteiger partial charge < -0.3 is 15.7 Å². The van der Waals surface area contributed by atoms with Crippen LogP contribution in [0.5, 0.6) is 0 Å². The number of likely N-dealkylation sites (N-methyl/N-ethyl adjacent to an activating group) is 1. The summed E-state index contributed by atoms with van der Waals surface area (Å²) < 4.78 is 69.5. The van der Waals surface area contributed by atoms with E-state index in [2.05, 4.69) is 20.8 Å². The number of rotatable bonds is 6. The lowest BCUT2D eigenvalue weighted by Crippen LogP contribution is -2.49. The molecule has 9 nitrogen and oxygen atoms in total. The van der Waals surface area contributed by atoms with Gasteiger partial charge in [0.1, 0.15) is 0 Å². The first-order valence-corrected chi connectivity index (χ1v) is 10.7. The van der Waals surface area contributed by atoms with Gasteiger partial charge in [-0.05, 0) is 25.8 Å². The molecular weight excluding hydrogens is 496 g/mol. The molecular formula is C18H23F6N5O4S. The quantitative estimate of drug-likeness (QED) is 0.390. The van der Waals surface area contributed by atoms with E-state index >= 15 is 0 Å². The largest absolute Gasteiger partial charge is 0.490 e. The van der Waals surface area contributed by atoms with Crippen molar-refractivity contribution in [2.45, 2.75) is 57.0 Å². The van der Waals surface area contributed by atoms with E-state index in [1.54, 1.807) is 0 Å². The van der Waals surface area contributed by atoms with Gasteiger partial charge in [-0.3, -0.25) is 14.5 Å². The summed E-state index contributed by atoms with van der Waals surface area (Å²) in [4.78, 5) is 34.3. The van der Waals surface area contributed by atoms with Crippen LogP contribution in [0.1, 0.15) is 37.6 Å². The van der Waals surface area contributed by atoms with Gasteiger partial charge in [-0.15, -0.1) is 10.2 Å². The Kier molecular flexibility index (Phi) is 10.9. The molecule has 34 heavy (non-hydrogen) atoms. The van der Waals surface area contributed by atoms with E-state index < -0.39 is 29.2 Å². The van der Waals surface area contributed by atoms with Crippen LogP contribution < -0.4 is 15.5 Å². The van der Waals surface area contributed by atoms with E-state index in [9.17, 15) is 35.9 Å². The summed E-state index contributed by atoms with van der Waals surface area (Å²) in [6.07, 6.45) is -3.55. The molecule has 0 aromatic carbocycles. The fraction of sp³-hybridized carbons (Fsp3) is 0.611. The van der Waals surface area contributed by atoms with Gasteiger partial charge in [-0.25, -0.2) is 4.79 Å². The number of carboxylic acid groups (broad SMARTS) is 1. The molecule has 0 spiro atoms. The second-order valence-corrected chi connectivity index (χ2v) is 7.93. The third-order valence-electron chi connectivity index (χ3n) is 4.38. The smallest absolute Gasteiger partial charge is 0.475 e. The summed E-state index contributed by atoms with van der Waals surface area (Å²) in [5.74, 6) is -3.43. The fourth-order valence-electron chi connectivity index (χ4n) is 2.52. The van der Waals surface area contributed by atoms with Crippen molar-refractivity contribution in [2.75, 3.05) is 18.5 Å². The number of alkyl halides is 6. The zero-order chi connectivity index (χ0) is 26.1. The summed E-state index contributed by atoms with van der Waals surface area (Å²) >= 11 is 0.292. The summed E-state index contributed by atoms with van der Waals surface area (Å²) in [6, 6.07) is -0.583. The van der Waals surface area contributed by atoms with Crippen molar-refractivity contribution in [2.24, 2.45) is 0 Å². The summed E-state index contributed by atoms with van der Waals surface area (Å²) in [5.41, 5.74) is 0. The molecule has 2 heterocycles. The van der Waals surface area contributed by atoms with Crippen LogP contribution in [0.25, 0.3) is 0 Å². The van der Waals surface area contributed by atoms with Gasteiger partial charge in [0.2, 0.25) is 16.0 Å². The summed E-state index contributed by atoms with van der Waals surface area (Å²) in [6.45, 7) is 2.66. The van der Waals surface area contributed by atoms with Crippen molar-refractivity contribution in [3.05, 3.63) is 17.2 Å². The molecule has 16 heteroatoms. The lowest BCUT2D eigenvalue weighted by Gasteiger charge is -2.24. The second-order valence-electron chi connectivity index (χ2n) is 6.97. The SMILES string of the molecule is CC[C@@H](/C=C/C(=O)N(C)c1nnc(C(F)(F)F)s1)NC(=O)[C@@H]1CCCCN1.O=C(O)C(F)(F)F. The van der Waals surface area contributed by atoms with Crippen molar-refractivity contribution < 1.29 is 45.8 Å². The van der Waals surface area contributed by atoms with Crippen LogP contribution in [-0.2, 0) is 20.6 Å². The van der Waals surface area contributed by atoms with Crippen LogP contribution in [0.3, 0.4) is 0 Å². The number of amides is 2. The summed E-state index contributed by atoms with van der Waals surface area (Å²) in [5, 5.41) is 18.3. The molecule has 0 aliphatic carbocycles. The third-order valence-corrected chi connectivity index (χ3v) is 5.43. The maximum absolute atomic E-state index is 12.6. The predicted octanol–water partition coefficient (Wildman–Crippen LogP) is 2.75. The fourth-order valence-corrected chi connectivity index (χ4v) is 3.19. The Hall–Kier alpha value is -2.75. The minimum atomic E-state index is -5.08. The molecule has 0 radical (unpaired) electrons. The minimum absolute atomic E-state index is 0.119. The Labute approximate surface area is 194 Å². The highest BCUT2D eigenvalue weighted by molar-refractivity contribution is 7.15. The van der Waals surface area contributed by atoms with Crippen molar-refractivity contribution in [1.82, 2.24) is 20.8 Å². The molecule has 0 unspecified atom stereocenters. The molecule has 1 aromatic heterocycles. The van der Waals surface area contributed by atoms with Gasteiger partial charge in [0.25, 0.3) is 5.91 Å². The number of aromatic nitrogens is 2. The monoisotopic (exact) mass is 519 g/mol. The molecule has 2 amide bonds. The number of hydrogen-bond acceptors (Lipinski definition) is 7. The maximum atomic E-state index is 12.6. The van der Waals surface area contributed by atoms with Crippen LogP contribution >= 0.6 is 11.3 Å². The molecule has 1 aliphatic heterocycles.